The summed E-state index contributed by atoms with van der Waals surface area (Å²) >= 11 is 1.32. The van der Waals surface area contributed by atoms with Crippen LogP contribution in [0.2, 0.25) is 18.1 Å². The number of hydrogen-bond donors (Lipinski definition) is 2. The van der Waals surface area contributed by atoms with Crippen molar-refractivity contribution in [1.82, 2.24) is 4.98 Å². The van der Waals surface area contributed by atoms with Crippen LogP contribution in [0.4, 0.5) is 0 Å². The Balaban J connectivity index is 2.19. The Morgan fingerprint density at radius 2 is 1.68 bits per heavy atom. The molecule has 0 spiro atoms. The first-order valence-electron chi connectivity index (χ1n) is 10.5. The van der Waals surface area contributed by atoms with Gasteiger partial charge in [-0.1, -0.05) is 20.8 Å². The lowest BCUT2D eigenvalue weighted by Crippen LogP contribution is -2.47. The lowest BCUT2D eigenvalue weighted by atomic mass is 10.0. The number of thiazole rings is 1. The quantitative estimate of drug-likeness (QED) is 0.411. The lowest BCUT2D eigenvalue weighted by molar-refractivity contribution is -0.202. The van der Waals surface area contributed by atoms with E-state index in [0.29, 0.717) is 10.7 Å². The third kappa shape index (κ3) is 5.93. The SMILES string of the molecule is COC(C)(OC)c1nc([C@@H](O)[C@@H]2OC(C)(C)O[C@@H]2[C@H](O)CO[Si](C)(C)C(C)(C)C)cs1. The predicted octanol–water partition coefficient (Wildman–Crippen LogP) is 3.54. The van der Waals surface area contributed by atoms with Crippen LogP contribution in [-0.4, -0.2) is 68.4 Å². The van der Waals surface area contributed by atoms with Crippen LogP contribution in [0.15, 0.2) is 5.38 Å². The van der Waals surface area contributed by atoms with E-state index in [4.69, 9.17) is 23.4 Å². The van der Waals surface area contributed by atoms with Crippen LogP contribution in [0.1, 0.15) is 58.3 Å². The Bertz CT molecular complexity index is 730. The van der Waals surface area contributed by atoms with Gasteiger partial charge in [-0.05, 0) is 38.9 Å². The minimum atomic E-state index is -2.05. The summed E-state index contributed by atoms with van der Waals surface area (Å²) in [6, 6.07) is 0. The minimum Gasteiger partial charge on any atom is -0.414 e. The van der Waals surface area contributed by atoms with E-state index in [1.165, 1.54) is 25.6 Å². The molecule has 0 amide bonds. The molecule has 1 saturated heterocycles. The van der Waals surface area contributed by atoms with Crippen LogP contribution in [-0.2, 0) is 29.2 Å². The standard InChI is InChI=1S/C21H39NO7SSi/c1-19(2,3)31(9,10)27-11-14(23)16-17(29-20(4,5)28-16)15(24)13-12-30-18(22-13)21(6,25-7)26-8/h12,14-17,23-24H,11H2,1-10H3/t14-,15-,16-,17+/m1/s1. The molecule has 2 N–H and O–H groups in total. The highest BCUT2D eigenvalue weighted by Crippen LogP contribution is 2.40. The molecule has 2 heterocycles. The highest BCUT2D eigenvalue weighted by molar-refractivity contribution is 7.09. The molecule has 1 fully saturated rings. The summed E-state index contributed by atoms with van der Waals surface area (Å²) < 4.78 is 28.9. The topological polar surface area (TPSA) is 99.5 Å². The third-order valence-corrected chi connectivity index (χ3v) is 11.8. The van der Waals surface area contributed by atoms with Gasteiger partial charge in [-0.2, -0.15) is 0 Å². The van der Waals surface area contributed by atoms with Gasteiger partial charge in [-0.25, -0.2) is 4.98 Å². The molecule has 1 aromatic heterocycles. The lowest BCUT2D eigenvalue weighted by Gasteiger charge is -2.37. The van der Waals surface area contributed by atoms with Gasteiger partial charge in [0.05, 0.1) is 12.3 Å². The molecule has 8 nitrogen and oxygen atoms in total. The molecule has 180 valence electrons. The number of nitrogens with zero attached hydrogens (tertiary/aromatic N) is 1. The molecule has 1 aliphatic rings. The predicted molar refractivity (Wildman–Crippen MR) is 121 cm³/mol. The maximum absolute atomic E-state index is 11.1. The van der Waals surface area contributed by atoms with Gasteiger partial charge in [0.2, 0.25) is 5.79 Å². The molecule has 10 heteroatoms. The van der Waals surface area contributed by atoms with Gasteiger partial charge >= 0.3 is 0 Å². The summed E-state index contributed by atoms with van der Waals surface area (Å²) in [6.07, 6.45) is -3.63. The van der Waals surface area contributed by atoms with Crippen LogP contribution in [0.5, 0.6) is 0 Å². The smallest absolute Gasteiger partial charge is 0.218 e. The number of aliphatic hydroxyl groups is 2. The first-order valence-corrected chi connectivity index (χ1v) is 14.3. The fourth-order valence-corrected chi connectivity index (χ4v) is 5.00. The van der Waals surface area contributed by atoms with E-state index in [1.807, 2.05) is 0 Å². The van der Waals surface area contributed by atoms with Gasteiger partial charge < -0.3 is 33.6 Å². The van der Waals surface area contributed by atoms with Crippen LogP contribution >= 0.6 is 11.3 Å². The Hall–Kier alpha value is -0.433. The van der Waals surface area contributed by atoms with Gasteiger partial charge in [0.25, 0.3) is 0 Å². The summed E-state index contributed by atoms with van der Waals surface area (Å²) in [7, 11) is 1.02. The van der Waals surface area contributed by atoms with E-state index in [9.17, 15) is 10.2 Å². The number of hydrogen-bond acceptors (Lipinski definition) is 9. The molecule has 0 saturated carbocycles. The van der Waals surface area contributed by atoms with Gasteiger partial charge in [-0.15, -0.1) is 11.3 Å². The van der Waals surface area contributed by atoms with E-state index >= 15 is 0 Å². The molecule has 0 aliphatic carbocycles. The average molecular weight is 478 g/mol. The zero-order chi connectivity index (χ0) is 23.8. The number of methoxy groups -OCH3 is 2. The van der Waals surface area contributed by atoms with Gasteiger partial charge in [-0.3, -0.25) is 0 Å². The van der Waals surface area contributed by atoms with Crippen LogP contribution in [0, 0.1) is 0 Å². The van der Waals surface area contributed by atoms with Gasteiger partial charge in [0, 0.05) is 19.6 Å². The van der Waals surface area contributed by atoms with Crippen LogP contribution in [0.25, 0.3) is 0 Å². The summed E-state index contributed by atoms with van der Waals surface area (Å²) in [4.78, 5) is 4.50. The van der Waals surface area contributed by atoms with Crippen LogP contribution < -0.4 is 0 Å². The summed E-state index contributed by atoms with van der Waals surface area (Å²) in [5.41, 5.74) is 0.411. The Morgan fingerprint density at radius 1 is 1.13 bits per heavy atom. The number of rotatable bonds is 9. The molecular formula is C21H39NO7SSi. The number of aromatic nitrogens is 1. The van der Waals surface area contributed by atoms with Crippen molar-refractivity contribution in [2.75, 3.05) is 20.8 Å². The van der Waals surface area contributed by atoms with E-state index in [0.717, 1.165) is 0 Å². The zero-order valence-corrected chi connectivity index (χ0v) is 22.2. The molecule has 0 bridgehead atoms. The molecule has 31 heavy (non-hydrogen) atoms. The van der Waals surface area contributed by atoms with E-state index in [-0.39, 0.29) is 11.6 Å². The monoisotopic (exact) mass is 477 g/mol. The Morgan fingerprint density at radius 3 is 2.19 bits per heavy atom. The summed E-state index contributed by atoms with van der Waals surface area (Å²) in [6.45, 7) is 16.1. The van der Waals surface area contributed by atoms with Crippen molar-refractivity contribution in [2.24, 2.45) is 0 Å². The second kappa shape index (κ2) is 9.44. The first kappa shape index (κ1) is 26.8. The van der Waals surface area contributed by atoms with Crippen molar-refractivity contribution in [2.45, 2.75) is 95.7 Å². The molecule has 0 radical (unpaired) electrons. The average Bonchev–Trinajstić information content (AvgIpc) is 3.29. The maximum atomic E-state index is 11.1. The minimum absolute atomic E-state index is 0.0181. The normalized spacial score (nSPS) is 24.4. The number of aliphatic hydroxyl groups excluding tert-OH is 2. The van der Waals surface area contributed by atoms with Crippen molar-refractivity contribution >= 4 is 19.7 Å². The fourth-order valence-electron chi connectivity index (χ4n) is 3.02. The van der Waals surface area contributed by atoms with Crippen LogP contribution in [0.3, 0.4) is 0 Å². The zero-order valence-electron chi connectivity index (χ0n) is 20.4. The van der Waals surface area contributed by atoms with E-state index < -0.39 is 44.3 Å². The van der Waals surface area contributed by atoms with Gasteiger partial charge in [0.15, 0.2) is 19.1 Å². The maximum Gasteiger partial charge on any atom is 0.218 e. The Kier molecular flexibility index (Phi) is 8.16. The molecule has 4 atom stereocenters. The first-order chi connectivity index (χ1) is 14.1. The summed E-state index contributed by atoms with van der Waals surface area (Å²) in [5.74, 6) is -1.97. The fraction of sp³-hybridized carbons (Fsp3) is 0.857. The third-order valence-electron chi connectivity index (χ3n) is 6.27. The largest absolute Gasteiger partial charge is 0.414 e. The molecule has 0 aromatic carbocycles. The van der Waals surface area contributed by atoms with Gasteiger partial charge in [0.1, 0.15) is 24.4 Å². The molecular weight excluding hydrogens is 438 g/mol. The van der Waals surface area contributed by atoms with Crippen molar-refractivity contribution < 1.29 is 33.6 Å². The summed E-state index contributed by atoms with van der Waals surface area (Å²) in [5, 5.41) is 24.3. The highest BCUT2D eigenvalue weighted by Gasteiger charge is 2.50. The molecule has 1 aromatic rings. The molecule has 0 unspecified atom stereocenters. The number of ether oxygens (including phenoxy) is 4. The van der Waals surface area contributed by atoms with Crippen molar-refractivity contribution in [3.8, 4) is 0 Å². The Labute approximate surface area is 191 Å². The highest BCUT2D eigenvalue weighted by atomic mass is 32.1. The molecule has 1 aliphatic heterocycles. The molecule has 2 rings (SSSR count). The second-order valence-corrected chi connectivity index (χ2v) is 15.7. The van der Waals surface area contributed by atoms with Crippen molar-refractivity contribution in [1.29, 1.82) is 0 Å². The van der Waals surface area contributed by atoms with E-state index in [2.05, 4.69) is 38.8 Å². The van der Waals surface area contributed by atoms with E-state index in [1.54, 1.807) is 26.2 Å². The second-order valence-electron chi connectivity index (χ2n) is 10.1. The van der Waals surface area contributed by atoms with Crippen molar-refractivity contribution in [3.05, 3.63) is 16.1 Å². The van der Waals surface area contributed by atoms with Crippen molar-refractivity contribution in [3.63, 3.8) is 0 Å².